The maximum atomic E-state index is 11.9. The van der Waals surface area contributed by atoms with Crippen LogP contribution in [-0.4, -0.2) is 24.8 Å². The molecular weight excluding hydrogens is 334 g/mol. The molecule has 7 heteroatoms. The fourth-order valence-corrected chi connectivity index (χ4v) is 2.40. The molecule has 1 aliphatic heterocycles. The van der Waals surface area contributed by atoms with Gasteiger partial charge in [0.2, 0.25) is 18.6 Å². The van der Waals surface area contributed by atoms with Gasteiger partial charge in [0.05, 0.1) is 6.21 Å². The lowest BCUT2D eigenvalue weighted by molar-refractivity contribution is -0.124. The van der Waals surface area contributed by atoms with Gasteiger partial charge in [0.15, 0.2) is 11.5 Å². The van der Waals surface area contributed by atoms with Crippen LogP contribution in [0.5, 0.6) is 11.5 Å². The molecule has 1 heterocycles. The lowest BCUT2D eigenvalue weighted by atomic mass is 10.2. The molecule has 2 amide bonds. The van der Waals surface area contributed by atoms with Gasteiger partial charge in [-0.05, 0) is 48.4 Å². The average molecular weight is 353 g/mol. The molecule has 2 aromatic carbocycles. The predicted molar refractivity (Wildman–Crippen MR) is 97.3 cm³/mol. The second-order valence-corrected chi connectivity index (χ2v) is 5.82. The van der Waals surface area contributed by atoms with Crippen LogP contribution < -0.4 is 20.2 Å². The number of rotatable bonds is 6. The van der Waals surface area contributed by atoms with Gasteiger partial charge in [-0.2, -0.15) is 5.10 Å². The van der Waals surface area contributed by atoms with E-state index < -0.39 is 0 Å². The number of hydrogen-bond acceptors (Lipinski definition) is 5. The van der Waals surface area contributed by atoms with E-state index in [0.717, 1.165) is 16.8 Å². The molecular formula is C19H19N3O4. The predicted octanol–water partition coefficient (Wildman–Crippen LogP) is 2.59. The number of nitrogens with one attached hydrogen (secondary N) is 2. The third kappa shape index (κ3) is 4.83. The van der Waals surface area contributed by atoms with Gasteiger partial charge >= 0.3 is 0 Å². The van der Waals surface area contributed by atoms with Crippen LogP contribution in [0.15, 0.2) is 47.6 Å². The summed E-state index contributed by atoms with van der Waals surface area (Å²) in [7, 11) is 0. The Morgan fingerprint density at radius 2 is 1.88 bits per heavy atom. The first-order valence-corrected chi connectivity index (χ1v) is 8.18. The smallest absolute Gasteiger partial charge is 0.240 e. The Morgan fingerprint density at radius 1 is 1.08 bits per heavy atom. The average Bonchev–Trinajstić information content (AvgIpc) is 3.08. The Balaban J connectivity index is 1.42. The van der Waals surface area contributed by atoms with Crippen molar-refractivity contribution in [3.63, 3.8) is 0 Å². The number of hydrogen-bond donors (Lipinski definition) is 2. The normalized spacial score (nSPS) is 12.2. The maximum absolute atomic E-state index is 11.9. The fraction of sp³-hybridized carbons (Fsp3) is 0.211. The highest BCUT2D eigenvalue weighted by Gasteiger charge is 2.12. The summed E-state index contributed by atoms with van der Waals surface area (Å²) in [5, 5.41) is 6.65. The number of fused-ring (bicyclic) bond motifs is 1. The Labute approximate surface area is 151 Å². The molecule has 7 nitrogen and oxygen atoms in total. The van der Waals surface area contributed by atoms with E-state index in [1.54, 1.807) is 24.3 Å². The molecule has 3 rings (SSSR count). The molecule has 0 aromatic heterocycles. The van der Waals surface area contributed by atoms with Crippen LogP contribution in [0.2, 0.25) is 0 Å². The van der Waals surface area contributed by atoms with Crippen LogP contribution in [-0.2, 0) is 9.59 Å². The van der Waals surface area contributed by atoms with Crippen molar-refractivity contribution >= 4 is 23.7 Å². The summed E-state index contributed by atoms with van der Waals surface area (Å²) in [6.45, 7) is 2.15. The molecule has 0 saturated carbocycles. The Morgan fingerprint density at radius 3 is 2.73 bits per heavy atom. The number of nitrogens with zero attached hydrogens (tertiary/aromatic N) is 1. The monoisotopic (exact) mass is 353 g/mol. The van der Waals surface area contributed by atoms with Gasteiger partial charge in [0, 0.05) is 18.5 Å². The zero-order valence-corrected chi connectivity index (χ0v) is 14.3. The Bertz CT molecular complexity index is 848. The molecule has 0 atom stereocenters. The van der Waals surface area contributed by atoms with E-state index in [0.29, 0.717) is 11.5 Å². The standard InChI is InChI=1S/C19H19N3O4/c1-13-3-2-4-15(9-13)21-18(23)7-8-19(24)22-20-11-14-5-6-16-17(10-14)26-12-25-16/h2-6,9-11H,7-8,12H2,1H3,(H,21,23)(H,22,24)/b20-11-. The number of anilines is 1. The summed E-state index contributed by atoms with van der Waals surface area (Å²) >= 11 is 0. The summed E-state index contributed by atoms with van der Waals surface area (Å²) in [5.41, 5.74) is 4.95. The quantitative estimate of drug-likeness (QED) is 0.617. The molecule has 0 bridgehead atoms. The third-order valence-electron chi connectivity index (χ3n) is 3.68. The van der Waals surface area contributed by atoms with Crippen LogP contribution >= 0.6 is 0 Å². The summed E-state index contributed by atoms with van der Waals surface area (Å²) in [6, 6.07) is 12.8. The first-order valence-electron chi connectivity index (χ1n) is 8.18. The summed E-state index contributed by atoms with van der Waals surface area (Å²) in [5.74, 6) is 0.783. The third-order valence-corrected chi connectivity index (χ3v) is 3.68. The molecule has 1 aliphatic rings. The van der Waals surface area contributed by atoms with Crippen LogP contribution in [0.3, 0.4) is 0 Å². The number of ether oxygens (including phenoxy) is 2. The summed E-state index contributed by atoms with van der Waals surface area (Å²) in [6.07, 6.45) is 1.64. The fourth-order valence-electron chi connectivity index (χ4n) is 2.40. The zero-order valence-electron chi connectivity index (χ0n) is 14.3. The highest BCUT2D eigenvalue weighted by Crippen LogP contribution is 2.31. The number of carbonyl (C=O) groups excluding carboxylic acids is 2. The van der Waals surface area contributed by atoms with Crippen molar-refractivity contribution in [1.29, 1.82) is 0 Å². The molecule has 0 fully saturated rings. The van der Waals surface area contributed by atoms with Crippen molar-refractivity contribution in [2.24, 2.45) is 5.10 Å². The van der Waals surface area contributed by atoms with Gasteiger partial charge < -0.3 is 14.8 Å². The SMILES string of the molecule is Cc1cccc(NC(=O)CCC(=O)N/N=C\c2ccc3c(c2)OCO3)c1. The van der Waals surface area contributed by atoms with Crippen LogP contribution in [0.25, 0.3) is 0 Å². The number of aryl methyl sites for hydroxylation is 1. The zero-order chi connectivity index (χ0) is 18.4. The van der Waals surface area contributed by atoms with Crippen molar-refractivity contribution < 1.29 is 19.1 Å². The second kappa shape index (κ2) is 8.15. The summed E-state index contributed by atoms with van der Waals surface area (Å²) in [4.78, 5) is 23.7. The van der Waals surface area contributed by atoms with Gasteiger partial charge in [0.25, 0.3) is 0 Å². The number of benzene rings is 2. The van der Waals surface area contributed by atoms with Gasteiger partial charge in [-0.1, -0.05) is 12.1 Å². The minimum atomic E-state index is -0.332. The topological polar surface area (TPSA) is 89.0 Å². The molecule has 0 saturated heterocycles. The van der Waals surface area contributed by atoms with E-state index in [-0.39, 0.29) is 31.4 Å². The Kier molecular flexibility index (Phi) is 5.48. The molecule has 2 N–H and O–H groups in total. The van der Waals surface area contributed by atoms with Crippen LogP contribution in [0.1, 0.15) is 24.0 Å². The molecule has 0 spiro atoms. The van der Waals surface area contributed by atoms with Crippen molar-refractivity contribution in [2.75, 3.05) is 12.1 Å². The molecule has 2 aromatic rings. The minimum Gasteiger partial charge on any atom is -0.454 e. The van der Waals surface area contributed by atoms with Crippen LogP contribution in [0, 0.1) is 6.92 Å². The molecule has 0 aliphatic carbocycles. The molecule has 0 unspecified atom stereocenters. The molecule has 26 heavy (non-hydrogen) atoms. The minimum absolute atomic E-state index is 0.0517. The van der Waals surface area contributed by atoms with Crippen molar-refractivity contribution in [2.45, 2.75) is 19.8 Å². The number of carbonyl (C=O) groups is 2. The van der Waals surface area contributed by atoms with Crippen molar-refractivity contribution in [3.05, 3.63) is 53.6 Å². The molecule has 0 radical (unpaired) electrons. The maximum Gasteiger partial charge on any atom is 0.240 e. The number of amides is 2. The van der Waals surface area contributed by atoms with Crippen LogP contribution in [0.4, 0.5) is 5.69 Å². The van der Waals surface area contributed by atoms with E-state index in [1.807, 2.05) is 25.1 Å². The lowest BCUT2D eigenvalue weighted by Gasteiger charge is -2.05. The number of hydrazone groups is 1. The highest BCUT2D eigenvalue weighted by molar-refractivity contribution is 5.93. The Hall–Kier alpha value is -3.35. The van der Waals surface area contributed by atoms with E-state index in [2.05, 4.69) is 15.8 Å². The first-order chi connectivity index (χ1) is 12.6. The van der Waals surface area contributed by atoms with E-state index >= 15 is 0 Å². The van der Waals surface area contributed by atoms with Crippen molar-refractivity contribution in [3.8, 4) is 11.5 Å². The lowest BCUT2D eigenvalue weighted by Crippen LogP contribution is -2.20. The first kappa shape index (κ1) is 17.5. The van der Waals surface area contributed by atoms with Gasteiger partial charge in [-0.3, -0.25) is 9.59 Å². The van der Waals surface area contributed by atoms with E-state index in [1.165, 1.54) is 6.21 Å². The van der Waals surface area contributed by atoms with Crippen molar-refractivity contribution in [1.82, 2.24) is 5.43 Å². The van der Waals surface area contributed by atoms with Gasteiger partial charge in [-0.15, -0.1) is 0 Å². The van der Waals surface area contributed by atoms with E-state index in [9.17, 15) is 9.59 Å². The van der Waals surface area contributed by atoms with Gasteiger partial charge in [-0.25, -0.2) is 5.43 Å². The van der Waals surface area contributed by atoms with Gasteiger partial charge in [0.1, 0.15) is 0 Å². The molecule has 134 valence electrons. The summed E-state index contributed by atoms with van der Waals surface area (Å²) < 4.78 is 10.5. The highest BCUT2D eigenvalue weighted by atomic mass is 16.7. The van der Waals surface area contributed by atoms with E-state index in [4.69, 9.17) is 9.47 Å². The second-order valence-electron chi connectivity index (χ2n) is 5.82. The largest absolute Gasteiger partial charge is 0.454 e.